The second-order valence-electron chi connectivity index (χ2n) is 15.0. The molecule has 5 aliphatic rings. The van der Waals surface area contributed by atoms with Crippen LogP contribution in [0.2, 0.25) is 25.2 Å². The molecular weight excluding hydrogens is 665 g/mol. The van der Waals surface area contributed by atoms with Crippen LogP contribution in [0.4, 0.5) is 4.79 Å². The number of esters is 2. The van der Waals surface area contributed by atoms with Gasteiger partial charge in [-0.05, 0) is 60.4 Å². The van der Waals surface area contributed by atoms with Gasteiger partial charge in [0.1, 0.15) is 24.7 Å². The normalized spacial score (nSPS) is 21.0. The van der Waals surface area contributed by atoms with Crippen LogP contribution in [0.3, 0.4) is 0 Å². The highest BCUT2D eigenvalue weighted by atomic mass is 28.3. The van der Waals surface area contributed by atoms with E-state index in [2.05, 4.69) is 42.7 Å². The number of hydrogen-bond acceptors (Lipinski definition) is 10. The molecule has 0 radical (unpaired) electrons. The predicted octanol–water partition coefficient (Wildman–Crippen LogP) is 6.93. The zero-order chi connectivity index (χ0) is 35.8. The first-order valence-corrected chi connectivity index (χ1v) is 21.6. The van der Waals surface area contributed by atoms with Gasteiger partial charge in [-0.3, -0.25) is 9.59 Å². The van der Waals surface area contributed by atoms with Crippen LogP contribution >= 0.6 is 0 Å². The summed E-state index contributed by atoms with van der Waals surface area (Å²) in [6.45, 7) is 7.40. The van der Waals surface area contributed by atoms with Gasteiger partial charge >= 0.3 is 18.1 Å². The van der Waals surface area contributed by atoms with Crippen LogP contribution in [0.15, 0.2) is 76.9 Å². The topological polar surface area (TPSA) is 120 Å². The molecule has 2 aliphatic carbocycles. The third-order valence-corrected chi connectivity index (χ3v) is 14.4. The first-order valence-electron chi connectivity index (χ1n) is 18.2. The largest absolute Gasteiger partial charge is 0.510 e. The van der Waals surface area contributed by atoms with Crippen molar-refractivity contribution in [2.75, 3.05) is 13.2 Å². The van der Waals surface area contributed by atoms with Gasteiger partial charge in [0.25, 0.3) is 0 Å². The first kappa shape index (κ1) is 34.8. The van der Waals surface area contributed by atoms with E-state index in [1.807, 2.05) is 35.2 Å². The van der Waals surface area contributed by atoms with Gasteiger partial charge in [0.15, 0.2) is 0 Å². The lowest BCUT2D eigenvalue weighted by Crippen LogP contribution is -2.51. The number of aryl methyl sites for hydroxylation is 1. The first-order chi connectivity index (χ1) is 24.6. The average molecular weight is 711 g/mol. The Morgan fingerprint density at radius 1 is 1.04 bits per heavy atom. The molecule has 51 heavy (non-hydrogen) atoms. The van der Waals surface area contributed by atoms with E-state index in [9.17, 15) is 19.2 Å². The number of carbonyl (C=O) groups is 4. The maximum Gasteiger partial charge on any atom is 0.510 e. The van der Waals surface area contributed by atoms with Crippen LogP contribution in [0.1, 0.15) is 67.7 Å². The number of fused-ring (bicyclic) bond motifs is 3. The maximum atomic E-state index is 14.3. The second kappa shape index (κ2) is 14.2. The predicted molar refractivity (Wildman–Crippen MR) is 192 cm³/mol. The minimum absolute atomic E-state index is 0.0149. The summed E-state index contributed by atoms with van der Waals surface area (Å²) in [7, 11) is -1.56. The van der Waals surface area contributed by atoms with E-state index >= 15 is 0 Å². The summed E-state index contributed by atoms with van der Waals surface area (Å²) in [6.07, 6.45) is 6.31. The van der Waals surface area contributed by atoms with Crippen molar-refractivity contribution in [3.63, 3.8) is 0 Å². The summed E-state index contributed by atoms with van der Waals surface area (Å²) in [5, 5.41) is 3.46. The van der Waals surface area contributed by atoms with E-state index in [0.717, 1.165) is 61.1 Å². The maximum absolute atomic E-state index is 14.3. The zero-order valence-corrected chi connectivity index (χ0v) is 30.7. The third kappa shape index (κ3) is 6.88. The molecule has 2 aromatic rings. The summed E-state index contributed by atoms with van der Waals surface area (Å²) in [4.78, 5) is 54.7. The Balaban J connectivity index is 1.03. The van der Waals surface area contributed by atoms with Gasteiger partial charge in [-0.2, -0.15) is 0 Å². The van der Waals surface area contributed by atoms with E-state index in [4.69, 9.17) is 18.9 Å². The SMILES string of the molecule is CCC1(OC(=O)OCc2ccccc2)C(=O)OCC2=C1CC1=C(C2=O)N2Cc3c(cccc3CC[Si](C)(C)CCCOC(=O)C3CCC3)C=C2N1. The lowest BCUT2D eigenvalue weighted by Gasteiger charge is -2.39. The van der Waals surface area contributed by atoms with Crippen molar-refractivity contribution in [2.24, 2.45) is 5.92 Å². The Morgan fingerprint density at radius 2 is 1.84 bits per heavy atom. The lowest BCUT2D eigenvalue weighted by molar-refractivity contribution is -0.166. The van der Waals surface area contributed by atoms with Crippen LogP contribution in [-0.4, -0.2) is 55.7 Å². The fourth-order valence-electron chi connectivity index (χ4n) is 7.74. The number of rotatable bonds is 12. The Morgan fingerprint density at radius 3 is 2.59 bits per heavy atom. The molecule has 7 rings (SSSR count). The highest BCUT2D eigenvalue weighted by molar-refractivity contribution is 6.77. The standard InChI is InChI=1S/C40H46N2O8Si/c1-4-40(50-39(46)49-24-26-11-6-5-7-12-26)32-22-33-35(36(43)31(32)25-48-38(40)45)42-23-30-27(13-8-16-29(30)21-34(42)41-33)17-20-51(2,3)19-10-18-47-37(44)28-14-9-15-28/h5-8,11-13,16,21,28,41H,4,9-10,14-15,17-20,22-25H2,1-3H3. The van der Waals surface area contributed by atoms with E-state index in [0.29, 0.717) is 35.7 Å². The van der Waals surface area contributed by atoms with Crippen molar-refractivity contribution in [3.8, 4) is 0 Å². The quantitative estimate of drug-likeness (QED) is 0.108. The smallest absolute Gasteiger partial charge is 0.465 e. The number of hydrogen-bond donors (Lipinski definition) is 1. The zero-order valence-electron chi connectivity index (χ0n) is 29.7. The molecule has 1 saturated carbocycles. The van der Waals surface area contributed by atoms with Gasteiger partial charge in [-0.15, -0.1) is 0 Å². The number of cyclic esters (lactones) is 1. The van der Waals surface area contributed by atoms with Gasteiger partial charge in [0.2, 0.25) is 11.4 Å². The number of ether oxygens (including phenoxy) is 4. The van der Waals surface area contributed by atoms with Gasteiger partial charge in [0, 0.05) is 31.3 Å². The summed E-state index contributed by atoms with van der Waals surface area (Å²) in [5.41, 5.74) is 4.62. The Labute approximate surface area is 299 Å². The Bertz CT molecular complexity index is 1840. The van der Waals surface area contributed by atoms with Gasteiger partial charge < -0.3 is 29.2 Å². The van der Waals surface area contributed by atoms with E-state index in [1.165, 1.54) is 11.1 Å². The monoisotopic (exact) mass is 710 g/mol. The van der Waals surface area contributed by atoms with Gasteiger partial charge in [-0.1, -0.05) is 87.1 Å². The molecule has 1 N–H and O–H groups in total. The number of allylic oxidation sites excluding steroid dienone is 2. The molecule has 10 nitrogen and oxygen atoms in total. The van der Waals surface area contributed by atoms with E-state index in [-0.39, 0.29) is 43.7 Å². The molecule has 3 aliphatic heterocycles. The number of ketones is 1. The molecule has 0 spiro atoms. The number of nitrogens with one attached hydrogen (secondary N) is 1. The molecule has 1 atom stereocenters. The van der Waals surface area contributed by atoms with Crippen molar-refractivity contribution in [3.05, 3.63) is 99.1 Å². The lowest BCUT2D eigenvalue weighted by atomic mass is 9.78. The molecule has 11 heteroatoms. The van der Waals surface area contributed by atoms with Crippen LogP contribution in [0.25, 0.3) is 6.08 Å². The van der Waals surface area contributed by atoms with Gasteiger partial charge in [0.05, 0.1) is 19.1 Å². The van der Waals surface area contributed by atoms with Crippen molar-refractivity contribution < 1.29 is 38.1 Å². The van der Waals surface area contributed by atoms with Crippen LogP contribution < -0.4 is 5.32 Å². The summed E-state index contributed by atoms with van der Waals surface area (Å²) in [6, 6.07) is 17.8. The second-order valence-corrected chi connectivity index (χ2v) is 20.3. The fraction of sp³-hybridized carbons (Fsp3) is 0.450. The highest BCUT2D eigenvalue weighted by Gasteiger charge is 2.55. The van der Waals surface area contributed by atoms with Crippen LogP contribution in [0.5, 0.6) is 0 Å². The molecule has 0 amide bonds. The van der Waals surface area contributed by atoms with E-state index < -0.39 is 25.8 Å². The summed E-state index contributed by atoms with van der Waals surface area (Å²) in [5.74, 6) is -0.0350. The molecular formula is C40H46N2O8Si. The third-order valence-electron chi connectivity index (χ3n) is 11.1. The van der Waals surface area contributed by atoms with Crippen molar-refractivity contribution in [1.82, 2.24) is 10.2 Å². The molecule has 268 valence electrons. The highest BCUT2D eigenvalue weighted by Crippen LogP contribution is 2.46. The molecule has 3 heterocycles. The van der Waals surface area contributed by atoms with Crippen LogP contribution in [0, 0.1) is 5.92 Å². The molecule has 0 aromatic heterocycles. The molecule has 0 bridgehead atoms. The number of nitrogens with zero attached hydrogens (tertiary/aromatic N) is 1. The minimum atomic E-state index is -1.76. The summed E-state index contributed by atoms with van der Waals surface area (Å²) < 4.78 is 22.2. The molecule has 1 unspecified atom stereocenters. The Kier molecular flexibility index (Phi) is 9.67. The van der Waals surface area contributed by atoms with Crippen LogP contribution in [-0.2, 0) is 52.9 Å². The minimum Gasteiger partial charge on any atom is -0.465 e. The van der Waals surface area contributed by atoms with Crippen molar-refractivity contribution >= 4 is 38.0 Å². The van der Waals surface area contributed by atoms with Crippen molar-refractivity contribution in [1.29, 1.82) is 0 Å². The number of Topliss-reactive ketones (excluding diaryl/α,β-unsaturated/α-hetero) is 1. The number of carbonyl (C=O) groups excluding carboxylic acids is 4. The van der Waals surface area contributed by atoms with Gasteiger partial charge in [-0.25, -0.2) is 9.59 Å². The molecule has 0 saturated heterocycles. The number of benzene rings is 2. The van der Waals surface area contributed by atoms with Crippen molar-refractivity contribution in [2.45, 2.75) is 95.8 Å². The summed E-state index contributed by atoms with van der Waals surface area (Å²) >= 11 is 0. The Hall–Kier alpha value is -4.64. The average Bonchev–Trinajstić information content (AvgIpc) is 3.46. The molecule has 1 fully saturated rings. The molecule has 2 aromatic carbocycles. The fourth-order valence-corrected chi connectivity index (χ4v) is 10.0. The van der Waals surface area contributed by atoms with E-state index in [1.54, 1.807) is 6.92 Å².